The van der Waals surface area contributed by atoms with Gasteiger partial charge in [-0.05, 0) is 30.9 Å². The van der Waals surface area contributed by atoms with Crippen LogP contribution in [0.5, 0.6) is 0 Å². The van der Waals surface area contributed by atoms with Gasteiger partial charge in [-0.2, -0.15) is 0 Å². The summed E-state index contributed by atoms with van der Waals surface area (Å²) in [6, 6.07) is 9.18. The van der Waals surface area contributed by atoms with Gasteiger partial charge >= 0.3 is 0 Å². The molecule has 1 aromatic rings. The van der Waals surface area contributed by atoms with Crippen LogP contribution in [0.3, 0.4) is 0 Å². The number of guanidine groups is 1. The first kappa shape index (κ1) is 16.6. The van der Waals surface area contributed by atoms with Crippen molar-refractivity contribution in [2.24, 2.45) is 10.7 Å². The molecule has 1 unspecified atom stereocenters. The van der Waals surface area contributed by atoms with E-state index in [2.05, 4.69) is 53.0 Å². The average molecular weight is 300 g/mol. The van der Waals surface area contributed by atoms with Gasteiger partial charge in [-0.25, -0.2) is 0 Å². The third-order valence-corrected chi connectivity index (χ3v) is 4.19. The fraction of sp³-hybridized carbons (Fsp3) is 0.500. The second kappa shape index (κ2) is 7.99. The van der Waals surface area contributed by atoms with Crippen LogP contribution in [0.4, 0.5) is 0 Å². The Morgan fingerprint density at radius 3 is 2.82 bits per heavy atom. The van der Waals surface area contributed by atoms with Gasteiger partial charge < -0.3 is 11.1 Å². The average Bonchev–Trinajstić information content (AvgIpc) is 2.53. The first-order chi connectivity index (χ1) is 10.6. The van der Waals surface area contributed by atoms with Crippen molar-refractivity contribution >= 4 is 5.96 Å². The van der Waals surface area contributed by atoms with E-state index in [9.17, 15) is 0 Å². The summed E-state index contributed by atoms with van der Waals surface area (Å²) < 4.78 is 0. The third-order valence-electron chi connectivity index (χ3n) is 4.19. The van der Waals surface area contributed by atoms with Crippen LogP contribution < -0.4 is 11.1 Å². The standard InChI is InChI=1S/C18H28N4/c1-4-17(12-21-18(19)20-11-14(2)3)22-10-9-15-7-5-6-8-16(15)13-22/h5-8,17H,2,4,9-13H2,1,3H3,(H3,19,20,21). The maximum absolute atomic E-state index is 5.91. The van der Waals surface area contributed by atoms with Crippen LogP contribution in [0.15, 0.2) is 41.4 Å². The highest BCUT2D eigenvalue weighted by Gasteiger charge is 2.21. The lowest BCUT2D eigenvalue weighted by Crippen LogP contribution is -2.42. The molecule has 0 spiro atoms. The van der Waals surface area contributed by atoms with Gasteiger partial charge in [-0.1, -0.05) is 43.3 Å². The van der Waals surface area contributed by atoms with E-state index in [0.717, 1.165) is 38.0 Å². The molecule has 1 heterocycles. The predicted molar refractivity (Wildman–Crippen MR) is 93.9 cm³/mol. The Labute approximate surface area is 134 Å². The first-order valence-electron chi connectivity index (χ1n) is 8.09. The van der Waals surface area contributed by atoms with Crippen molar-refractivity contribution in [3.63, 3.8) is 0 Å². The van der Waals surface area contributed by atoms with E-state index in [1.165, 1.54) is 11.1 Å². The Bertz CT molecular complexity index is 536. The Hall–Kier alpha value is -1.81. The van der Waals surface area contributed by atoms with Crippen LogP contribution >= 0.6 is 0 Å². The summed E-state index contributed by atoms with van der Waals surface area (Å²) in [5, 5.41) is 3.09. The van der Waals surface area contributed by atoms with Crippen molar-refractivity contribution in [2.75, 3.05) is 19.6 Å². The zero-order valence-electron chi connectivity index (χ0n) is 13.8. The molecule has 0 amide bonds. The molecule has 22 heavy (non-hydrogen) atoms. The third kappa shape index (κ3) is 4.60. The number of rotatable bonds is 6. The SMILES string of the molecule is C=C(C)CNC(N)=NCC(CC)N1CCc2ccccc2C1. The van der Waals surface area contributed by atoms with E-state index in [0.29, 0.717) is 18.5 Å². The van der Waals surface area contributed by atoms with Crippen LogP contribution in [-0.2, 0) is 13.0 Å². The molecule has 4 nitrogen and oxygen atoms in total. The molecule has 0 fully saturated rings. The monoisotopic (exact) mass is 300 g/mol. The number of nitrogens with two attached hydrogens (primary N) is 1. The molecule has 0 aliphatic carbocycles. The zero-order valence-corrected chi connectivity index (χ0v) is 13.8. The van der Waals surface area contributed by atoms with Gasteiger partial charge in [0.15, 0.2) is 5.96 Å². The maximum atomic E-state index is 5.91. The minimum Gasteiger partial charge on any atom is -0.370 e. The van der Waals surface area contributed by atoms with Gasteiger partial charge in [-0.15, -0.1) is 0 Å². The van der Waals surface area contributed by atoms with Crippen LogP contribution in [-0.4, -0.2) is 36.5 Å². The van der Waals surface area contributed by atoms with Gasteiger partial charge in [-0.3, -0.25) is 9.89 Å². The van der Waals surface area contributed by atoms with Crippen molar-refractivity contribution in [1.29, 1.82) is 0 Å². The highest BCUT2D eigenvalue weighted by molar-refractivity contribution is 5.78. The second-order valence-corrected chi connectivity index (χ2v) is 6.09. The number of hydrogen-bond acceptors (Lipinski definition) is 2. The molecule has 0 radical (unpaired) electrons. The number of benzene rings is 1. The molecule has 0 saturated heterocycles. The Morgan fingerprint density at radius 1 is 1.41 bits per heavy atom. The van der Waals surface area contributed by atoms with Gasteiger partial charge in [0.05, 0.1) is 6.54 Å². The van der Waals surface area contributed by atoms with E-state index in [-0.39, 0.29) is 0 Å². The lowest BCUT2D eigenvalue weighted by Gasteiger charge is -2.34. The Morgan fingerprint density at radius 2 is 2.14 bits per heavy atom. The van der Waals surface area contributed by atoms with Gasteiger partial charge in [0.25, 0.3) is 0 Å². The van der Waals surface area contributed by atoms with Crippen molar-refractivity contribution in [1.82, 2.24) is 10.2 Å². The molecule has 0 aromatic heterocycles. The van der Waals surface area contributed by atoms with Crippen LogP contribution in [0.25, 0.3) is 0 Å². The minimum atomic E-state index is 0.443. The second-order valence-electron chi connectivity index (χ2n) is 6.09. The molecule has 0 saturated carbocycles. The predicted octanol–water partition coefficient (Wildman–Crippen LogP) is 2.30. The summed E-state index contributed by atoms with van der Waals surface area (Å²) in [5.74, 6) is 0.513. The zero-order chi connectivity index (χ0) is 15.9. The van der Waals surface area contributed by atoms with E-state index in [4.69, 9.17) is 5.73 Å². The fourth-order valence-corrected chi connectivity index (χ4v) is 2.83. The van der Waals surface area contributed by atoms with Gasteiger partial charge in [0.2, 0.25) is 0 Å². The number of nitrogens with one attached hydrogen (secondary N) is 1. The molecule has 4 heteroatoms. The number of aliphatic imine (C=N–C) groups is 1. The molecule has 2 rings (SSSR count). The van der Waals surface area contributed by atoms with E-state index in [1.807, 2.05) is 6.92 Å². The van der Waals surface area contributed by atoms with Crippen molar-refractivity contribution in [2.45, 2.75) is 39.3 Å². The summed E-state index contributed by atoms with van der Waals surface area (Å²) in [4.78, 5) is 7.02. The molecule has 3 N–H and O–H groups in total. The molecular formula is C18H28N4. The van der Waals surface area contributed by atoms with Gasteiger partial charge in [0, 0.05) is 25.7 Å². The summed E-state index contributed by atoms with van der Waals surface area (Å²) in [6.45, 7) is 11.6. The van der Waals surface area contributed by atoms with Crippen LogP contribution in [0.1, 0.15) is 31.4 Å². The van der Waals surface area contributed by atoms with E-state index >= 15 is 0 Å². The van der Waals surface area contributed by atoms with Crippen molar-refractivity contribution in [3.05, 3.63) is 47.5 Å². The summed E-state index contributed by atoms with van der Waals surface area (Å²) in [7, 11) is 0. The lowest BCUT2D eigenvalue weighted by molar-refractivity contribution is 0.178. The molecule has 1 aliphatic heterocycles. The maximum Gasteiger partial charge on any atom is 0.188 e. The topological polar surface area (TPSA) is 53.6 Å². The summed E-state index contributed by atoms with van der Waals surface area (Å²) in [6.07, 6.45) is 2.21. The van der Waals surface area contributed by atoms with Crippen molar-refractivity contribution in [3.8, 4) is 0 Å². The normalized spacial score (nSPS) is 16.9. The van der Waals surface area contributed by atoms with Gasteiger partial charge in [0.1, 0.15) is 0 Å². The number of hydrogen-bond donors (Lipinski definition) is 2. The smallest absolute Gasteiger partial charge is 0.188 e. The summed E-state index contributed by atoms with van der Waals surface area (Å²) >= 11 is 0. The number of nitrogens with zero attached hydrogens (tertiary/aromatic N) is 2. The molecule has 1 atom stereocenters. The number of fused-ring (bicyclic) bond motifs is 1. The fourth-order valence-electron chi connectivity index (χ4n) is 2.83. The van der Waals surface area contributed by atoms with Crippen LogP contribution in [0, 0.1) is 0 Å². The summed E-state index contributed by atoms with van der Waals surface area (Å²) in [5.41, 5.74) is 9.90. The van der Waals surface area contributed by atoms with Crippen molar-refractivity contribution < 1.29 is 0 Å². The Balaban J connectivity index is 1.92. The van der Waals surface area contributed by atoms with E-state index in [1.54, 1.807) is 0 Å². The molecule has 1 aromatic carbocycles. The quantitative estimate of drug-likeness (QED) is 0.481. The molecular weight excluding hydrogens is 272 g/mol. The molecule has 120 valence electrons. The molecule has 1 aliphatic rings. The van der Waals surface area contributed by atoms with Crippen LogP contribution in [0.2, 0.25) is 0 Å². The lowest BCUT2D eigenvalue weighted by atomic mass is 9.98. The highest BCUT2D eigenvalue weighted by Crippen LogP contribution is 2.21. The highest BCUT2D eigenvalue weighted by atomic mass is 15.2. The minimum absolute atomic E-state index is 0.443. The molecule has 0 bridgehead atoms. The van der Waals surface area contributed by atoms with E-state index < -0.39 is 0 Å². The Kier molecular flexibility index (Phi) is 6.01. The first-order valence-corrected chi connectivity index (χ1v) is 8.09. The largest absolute Gasteiger partial charge is 0.370 e.